The zero-order valence-electron chi connectivity index (χ0n) is 17.6. The Kier molecular flexibility index (Phi) is 4.62. The Bertz CT molecular complexity index is 554. The van der Waals surface area contributed by atoms with Crippen molar-refractivity contribution in [2.24, 2.45) is 33.5 Å². The zero-order chi connectivity index (χ0) is 18.6. The summed E-state index contributed by atoms with van der Waals surface area (Å²) >= 11 is 0. The summed E-state index contributed by atoms with van der Waals surface area (Å²) in [4.78, 5) is 0. The van der Waals surface area contributed by atoms with Crippen molar-refractivity contribution in [2.75, 3.05) is 0 Å². The first kappa shape index (κ1) is 19.3. The Labute approximate surface area is 150 Å². The summed E-state index contributed by atoms with van der Waals surface area (Å²) in [5, 5.41) is 0. The lowest BCUT2D eigenvalue weighted by molar-refractivity contribution is 0.0488. The molecular weight excluding hydrogens is 288 g/mol. The molecule has 2 aliphatic rings. The Hall–Kier alpha value is -1.04. The van der Waals surface area contributed by atoms with Gasteiger partial charge in [-0.05, 0) is 32.8 Å². The highest BCUT2D eigenvalue weighted by atomic mass is 14.5. The molecule has 2 aliphatic carbocycles. The SMILES string of the molecule is CC(C)(C)C1=CC(C(C)(C2C=CC(C(C)(C)C)=C2)C(C)(C)C)C=C1. The van der Waals surface area contributed by atoms with Gasteiger partial charge in [-0.25, -0.2) is 0 Å². The van der Waals surface area contributed by atoms with Gasteiger partial charge in [0, 0.05) is 11.8 Å². The highest BCUT2D eigenvalue weighted by Gasteiger charge is 2.48. The second-order valence-electron chi connectivity index (χ2n) is 11.0. The number of rotatable bonds is 2. The summed E-state index contributed by atoms with van der Waals surface area (Å²) < 4.78 is 0. The number of allylic oxidation sites excluding steroid dienone is 8. The topological polar surface area (TPSA) is 0 Å². The van der Waals surface area contributed by atoms with Crippen LogP contribution in [0.5, 0.6) is 0 Å². The quantitative estimate of drug-likeness (QED) is 0.497. The summed E-state index contributed by atoms with van der Waals surface area (Å²) in [5.74, 6) is 0.967. The maximum Gasteiger partial charge on any atom is 0.00233 e. The van der Waals surface area contributed by atoms with E-state index in [1.54, 1.807) is 0 Å². The second kappa shape index (κ2) is 5.75. The zero-order valence-corrected chi connectivity index (χ0v) is 17.6. The van der Waals surface area contributed by atoms with Crippen LogP contribution in [0.3, 0.4) is 0 Å². The van der Waals surface area contributed by atoms with Gasteiger partial charge in [-0.15, -0.1) is 0 Å². The first-order valence-corrected chi connectivity index (χ1v) is 9.48. The van der Waals surface area contributed by atoms with Gasteiger partial charge >= 0.3 is 0 Å². The van der Waals surface area contributed by atoms with Crippen molar-refractivity contribution in [3.05, 3.63) is 47.6 Å². The molecule has 0 aromatic carbocycles. The Balaban J connectivity index is 2.45. The molecular formula is C24H38. The summed E-state index contributed by atoms with van der Waals surface area (Å²) in [6.07, 6.45) is 14.7. The van der Waals surface area contributed by atoms with Gasteiger partial charge < -0.3 is 0 Å². The van der Waals surface area contributed by atoms with Gasteiger partial charge in [-0.1, -0.05) is 106 Å². The van der Waals surface area contributed by atoms with E-state index in [1.807, 2.05) is 0 Å². The van der Waals surface area contributed by atoms with E-state index in [9.17, 15) is 0 Å². The van der Waals surface area contributed by atoms with E-state index in [0.29, 0.717) is 11.8 Å². The molecule has 0 radical (unpaired) electrons. The maximum atomic E-state index is 2.53. The van der Waals surface area contributed by atoms with Gasteiger partial charge in [0.15, 0.2) is 0 Å². The van der Waals surface area contributed by atoms with Gasteiger partial charge in [-0.2, -0.15) is 0 Å². The molecule has 134 valence electrons. The van der Waals surface area contributed by atoms with Crippen LogP contribution in [0.1, 0.15) is 69.2 Å². The van der Waals surface area contributed by atoms with E-state index in [4.69, 9.17) is 0 Å². The highest BCUT2D eigenvalue weighted by molar-refractivity contribution is 5.40. The van der Waals surface area contributed by atoms with Crippen LogP contribution < -0.4 is 0 Å². The lowest BCUT2D eigenvalue weighted by Crippen LogP contribution is -2.43. The molecule has 0 N–H and O–H groups in total. The normalized spacial score (nSPS) is 27.2. The fourth-order valence-corrected chi connectivity index (χ4v) is 3.99. The van der Waals surface area contributed by atoms with Gasteiger partial charge in [0.25, 0.3) is 0 Å². The lowest BCUT2D eigenvalue weighted by atomic mass is 9.55. The van der Waals surface area contributed by atoms with Crippen molar-refractivity contribution in [2.45, 2.75) is 69.2 Å². The van der Waals surface area contributed by atoms with Crippen molar-refractivity contribution in [3.63, 3.8) is 0 Å². The molecule has 0 saturated heterocycles. The number of hydrogen-bond acceptors (Lipinski definition) is 0. The number of hydrogen-bond donors (Lipinski definition) is 0. The minimum absolute atomic E-state index is 0.167. The van der Waals surface area contributed by atoms with Crippen molar-refractivity contribution in [1.29, 1.82) is 0 Å². The standard InChI is InChI=1S/C24H38/c1-21(2,3)17-11-13-19(15-17)24(10,23(7,8)9)20-14-12-18(16-20)22(4,5)6/h11-16,19-20H,1-10H3. The predicted molar refractivity (Wildman–Crippen MR) is 108 cm³/mol. The molecule has 0 saturated carbocycles. The molecule has 0 amide bonds. The highest BCUT2D eigenvalue weighted by Crippen LogP contribution is 2.56. The first-order valence-electron chi connectivity index (χ1n) is 9.48. The summed E-state index contributed by atoms with van der Waals surface area (Å²) in [6, 6.07) is 0. The third-order valence-corrected chi connectivity index (χ3v) is 6.42. The summed E-state index contributed by atoms with van der Waals surface area (Å²) in [5.41, 5.74) is 3.78. The minimum atomic E-state index is 0.167. The van der Waals surface area contributed by atoms with E-state index in [1.165, 1.54) is 11.1 Å². The fourth-order valence-electron chi connectivity index (χ4n) is 3.99. The molecule has 24 heavy (non-hydrogen) atoms. The molecule has 2 unspecified atom stereocenters. The monoisotopic (exact) mass is 326 g/mol. The lowest BCUT2D eigenvalue weighted by Gasteiger charge is -2.49. The predicted octanol–water partition coefficient (Wildman–Crippen LogP) is 7.36. The molecule has 0 bridgehead atoms. The van der Waals surface area contributed by atoms with Crippen LogP contribution in [-0.2, 0) is 0 Å². The molecule has 0 spiro atoms. The molecule has 0 fully saturated rings. The minimum Gasteiger partial charge on any atom is -0.0767 e. The molecule has 0 aliphatic heterocycles. The summed E-state index contributed by atoms with van der Waals surface area (Å²) in [6.45, 7) is 23.6. The fraction of sp³-hybridized carbons (Fsp3) is 0.667. The Morgan fingerprint density at radius 2 is 0.917 bits per heavy atom. The van der Waals surface area contributed by atoms with Gasteiger partial charge in [0.1, 0.15) is 0 Å². The van der Waals surface area contributed by atoms with Crippen LogP contribution in [0.15, 0.2) is 47.6 Å². The van der Waals surface area contributed by atoms with Crippen molar-refractivity contribution >= 4 is 0 Å². The third kappa shape index (κ3) is 3.35. The molecule has 0 heteroatoms. The van der Waals surface area contributed by atoms with Gasteiger partial charge in [-0.3, -0.25) is 0 Å². The van der Waals surface area contributed by atoms with Crippen LogP contribution in [0.2, 0.25) is 0 Å². The van der Waals surface area contributed by atoms with E-state index in [2.05, 4.69) is 106 Å². The largest absolute Gasteiger partial charge is 0.0767 e. The molecule has 0 aromatic rings. The Morgan fingerprint density at radius 3 is 1.12 bits per heavy atom. The molecule has 0 aromatic heterocycles. The third-order valence-electron chi connectivity index (χ3n) is 6.42. The van der Waals surface area contributed by atoms with E-state index in [-0.39, 0.29) is 21.7 Å². The van der Waals surface area contributed by atoms with Crippen LogP contribution in [0.4, 0.5) is 0 Å². The van der Waals surface area contributed by atoms with E-state index >= 15 is 0 Å². The van der Waals surface area contributed by atoms with Crippen molar-refractivity contribution < 1.29 is 0 Å². The van der Waals surface area contributed by atoms with Crippen LogP contribution in [0.25, 0.3) is 0 Å². The second-order valence-corrected chi connectivity index (χ2v) is 11.0. The molecule has 2 rings (SSSR count). The molecule has 0 nitrogen and oxygen atoms in total. The molecule has 0 heterocycles. The Morgan fingerprint density at radius 1 is 0.583 bits per heavy atom. The average molecular weight is 327 g/mol. The van der Waals surface area contributed by atoms with Gasteiger partial charge in [0.2, 0.25) is 0 Å². The van der Waals surface area contributed by atoms with Crippen molar-refractivity contribution in [3.8, 4) is 0 Å². The van der Waals surface area contributed by atoms with Crippen LogP contribution >= 0.6 is 0 Å². The van der Waals surface area contributed by atoms with Gasteiger partial charge in [0.05, 0.1) is 0 Å². The first-order chi connectivity index (χ1) is 10.7. The van der Waals surface area contributed by atoms with Crippen LogP contribution in [-0.4, -0.2) is 0 Å². The van der Waals surface area contributed by atoms with Crippen LogP contribution in [0, 0.1) is 33.5 Å². The maximum absolute atomic E-state index is 2.53. The summed E-state index contributed by atoms with van der Waals surface area (Å²) in [7, 11) is 0. The smallest absolute Gasteiger partial charge is 0.00233 e. The van der Waals surface area contributed by atoms with Crippen molar-refractivity contribution in [1.82, 2.24) is 0 Å². The molecule has 2 atom stereocenters. The van der Waals surface area contributed by atoms with E-state index < -0.39 is 0 Å². The average Bonchev–Trinajstić information content (AvgIpc) is 3.04. The van der Waals surface area contributed by atoms with E-state index in [0.717, 1.165) is 0 Å².